The Balaban J connectivity index is 2.12. The molecule has 1 aliphatic heterocycles. The molecule has 19 heavy (non-hydrogen) atoms. The van der Waals surface area contributed by atoms with Gasteiger partial charge in [0.2, 0.25) is 10.0 Å². The van der Waals surface area contributed by atoms with Crippen LogP contribution in [0, 0.1) is 0 Å². The van der Waals surface area contributed by atoms with Crippen LogP contribution in [0.2, 0.25) is 0 Å². The topological polar surface area (TPSA) is 67.4 Å². The fourth-order valence-corrected chi connectivity index (χ4v) is 3.53. The SMILES string of the molecule is COc1cccc(S(=O)(=O)NC2CCCNCC2)c1. The van der Waals surface area contributed by atoms with E-state index in [1.165, 1.54) is 13.2 Å². The fourth-order valence-electron chi connectivity index (χ4n) is 2.19. The largest absolute Gasteiger partial charge is 0.497 e. The van der Waals surface area contributed by atoms with E-state index in [-0.39, 0.29) is 10.9 Å². The minimum Gasteiger partial charge on any atom is -0.497 e. The average Bonchev–Trinajstić information content (AvgIpc) is 2.67. The molecular formula is C13H20N2O3S. The van der Waals surface area contributed by atoms with Crippen molar-refractivity contribution in [2.45, 2.75) is 30.2 Å². The summed E-state index contributed by atoms with van der Waals surface area (Å²) in [4.78, 5) is 0.254. The van der Waals surface area contributed by atoms with Crippen LogP contribution >= 0.6 is 0 Å². The molecule has 2 rings (SSSR count). The number of rotatable bonds is 4. The molecule has 1 heterocycles. The highest BCUT2D eigenvalue weighted by Crippen LogP contribution is 2.18. The van der Waals surface area contributed by atoms with Crippen LogP contribution in [-0.2, 0) is 10.0 Å². The number of benzene rings is 1. The van der Waals surface area contributed by atoms with E-state index in [9.17, 15) is 8.42 Å². The Hall–Kier alpha value is -1.11. The van der Waals surface area contributed by atoms with Crippen LogP contribution in [0.25, 0.3) is 0 Å². The van der Waals surface area contributed by atoms with E-state index >= 15 is 0 Å². The summed E-state index contributed by atoms with van der Waals surface area (Å²) in [7, 11) is -1.94. The standard InChI is InChI=1S/C13H20N2O3S/c1-18-12-5-2-6-13(10-12)19(16,17)15-11-4-3-8-14-9-7-11/h2,5-6,10-11,14-15H,3-4,7-9H2,1H3. The van der Waals surface area contributed by atoms with Gasteiger partial charge in [-0.1, -0.05) is 6.07 Å². The lowest BCUT2D eigenvalue weighted by Crippen LogP contribution is -2.35. The molecular weight excluding hydrogens is 264 g/mol. The number of ether oxygens (including phenoxy) is 1. The Morgan fingerprint density at radius 3 is 2.95 bits per heavy atom. The summed E-state index contributed by atoms with van der Waals surface area (Å²) >= 11 is 0. The molecule has 1 unspecified atom stereocenters. The second kappa shape index (κ2) is 6.36. The molecule has 0 aliphatic carbocycles. The Morgan fingerprint density at radius 2 is 2.16 bits per heavy atom. The molecule has 0 amide bonds. The summed E-state index contributed by atoms with van der Waals surface area (Å²) in [5.41, 5.74) is 0. The molecule has 0 bridgehead atoms. The molecule has 0 aromatic heterocycles. The van der Waals surface area contributed by atoms with Crippen molar-refractivity contribution in [2.75, 3.05) is 20.2 Å². The maximum atomic E-state index is 12.3. The van der Waals surface area contributed by atoms with E-state index in [4.69, 9.17) is 4.74 Å². The van der Waals surface area contributed by atoms with Crippen LogP contribution < -0.4 is 14.8 Å². The first kappa shape index (κ1) is 14.3. The number of sulfonamides is 1. The van der Waals surface area contributed by atoms with Gasteiger partial charge in [0.1, 0.15) is 5.75 Å². The van der Waals surface area contributed by atoms with Crippen molar-refractivity contribution in [3.05, 3.63) is 24.3 Å². The molecule has 0 saturated carbocycles. The van der Waals surface area contributed by atoms with Crippen molar-refractivity contribution in [3.8, 4) is 5.75 Å². The lowest BCUT2D eigenvalue weighted by Gasteiger charge is -2.16. The lowest BCUT2D eigenvalue weighted by atomic mass is 10.1. The quantitative estimate of drug-likeness (QED) is 0.869. The lowest BCUT2D eigenvalue weighted by molar-refractivity contribution is 0.413. The van der Waals surface area contributed by atoms with Gasteiger partial charge in [0.15, 0.2) is 0 Å². The van der Waals surface area contributed by atoms with Gasteiger partial charge in [-0.15, -0.1) is 0 Å². The van der Waals surface area contributed by atoms with Gasteiger partial charge in [-0.3, -0.25) is 0 Å². The van der Waals surface area contributed by atoms with E-state index in [1.807, 2.05) is 0 Å². The van der Waals surface area contributed by atoms with Crippen LogP contribution in [0.3, 0.4) is 0 Å². The summed E-state index contributed by atoms with van der Waals surface area (Å²) in [6.45, 7) is 1.81. The van der Waals surface area contributed by atoms with E-state index in [1.54, 1.807) is 18.2 Å². The fraction of sp³-hybridized carbons (Fsp3) is 0.538. The average molecular weight is 284 g/mol. The smallest absolute Gasteiger partial charge is 0.240 e. The molecule has 6 heteroatoms. The van der Waals surface area contributed by atoms with E-state index in [0.717, 1.165) is 32.4 Å². The van der Waals surface area contributed by atoms with Gasteiger partial charge in [0, 0.05) is 12.1 Å². The molecule has 1 aromatic rings. The zero-order valence-corrected chi connectivity index (χ0v) is 11.9. The molecule has 1 aliphatic rings. The highest BCUT2D eigenvalue weighted by molar-refractivity contribution is 7.89. The Bertz CT molecular complexity index is 508. The van der Waals surface area contributed by atoms with Gasteiger partial charge in [0.25, 0.3) is 0 Å². The summed E-state index contributed by atoms with van der Waals surface area (Å²) < 4.78 is 32.4. The zero-order chi connectivity index (χ0) is 13.7. The molecule has 1 fully saturated rings. The summed E-state index contributed by atoms with van der Waals surface area (Å²) in [5.74, 6) is 0.547. The van der Waals surface area contributed by atoms with E-state index in [2.05, 4.69) is 10.0 Å². The van der Waals surface area contributed by atoms with Gasteiger partial charge in [-0.25, -0.2) is 13.1 Å². The summed E-state index contributed by atoms with van der Waals surface area (Å²) in [6, 6.07) is 6.54. The molecule has 106 valence electrons. The Morgan fingerprint density at radius 1 is 1.32 bits per heavy atom. The van der Waals surface area contributed by atoms with Crippen LogP contribution in [0.4, 0.5) is 0 Å². The third-order valence-electron chi connectivity index (χ3n) is 3.25. The molecule has 5 nitrogen and oxygen atoms in total. The first-order chi connectivity index (χ1) is 9.12. The normalized spacial score (nSPS) is 20.8. The van der Waals surface area contributed by atoms with E-state index in [0.29, 0.717) is 5.75 Å². The van der Waals surface area contributed by atoms with Gasteiger partial charge in [-0.2, -0.15) is 0 Å². The monoisotopic (exact) mass is 284 g/mol. The Kier molecular flexibility index (Phi) is 4.79. The molecule has 1 saturated heterocycles. The van der Waals surface area contributed by atoms with Crippen LogP contribution in [0.1, 0.15) is 19.3 Å². The third kappa shape index (κ3) is 3.92. The summed E-state index contributed by atoms with van der Waals surface area (Å²) in [6.07, 6.45) is 2.69. The molecule has 0 spiro atoms. The first-order valence-electron chi connectivity index (χ1n) is 6.49. The van der Waals surface area contributed by atoms with Crippen molar-refractivity contribution < 1.29 is 13.2 Å². The molecule has 1 atom stereocenters. The number of hydrogen-bond donors (Lipinski definition) is 2. The number of hydrogen-bond acceptors (Lipinski definition) is 4. The third-order valence-corrected chi connectivity index (χ3v) is 4.77. The zero-order valence-electron chi connectivity index (χ0n) is 11.1. The maximum Gasteiger partial charge on any atom is 0.240 e. The van der Waals surface area contributed by atoms with Crippen molar-refractivity contribution in [1.29, 1.82) is 0 Å². The van der Waals surface area contributed by atoms with Gasteiger partial charge < -0.3 is 10.1 Å². The predicted molar refractivity (Wildman–Crippen MR) is 73.8 cm³/mol. The highest BCUT2D eigenvalue weighted by atomic mass is 32.2. The molecule has 2 N–H and O–H groups in total. The van der Waals surface area contributed by atoms with Gasteiger partial charge >= 0.3 is 0 Å². The molecule has 1 aromatic carbocycles. The second-order valence-electron chi connectivity index (χ2n) is 4.68. The minimum atomic E-state index is -3.47. The maximum absolute atomic E-state index is 12.3. The highest BCUT2D eigenvalue weighted by Gasteiger charge is 2.21. The Labute approximate surface area is 114 Å². The van der Waals surface area contributed by atoms with Crippen LogP contribution in [0.5, 0.6) is 5.75 Å². The number of methoxy groups -OCH3 is 1. The van der Waals surface area contributed by atoms with Crippen molar-refractivity contribution in [3.63, 3.8) is 0 Å². The number of nitrogens with one attached hydrogen (secondary N) is 2. The van der Waals surface area contributed by atoms with Crippen LogP contribution in [0.15, 0.2) is 29.2 Å². The minimum absolute atomic E-state index is 0.00574. The van der Waals surface area contributed by atoms with Crippen LogP contribution in [-0.4, -0.2) is 34.7 Å². The van der Waals surface area contributed by atoms with Crippen molar-refractivity contribution >= 4 is 10.0 Å². The second-order valence-corrected chi connectivity index (χ2v) is 6.39. The molecule has 0 radical (unpaired) electrons. The first-order valence-corrected chi connectivity index (χ1v) is 7.97. The van der Waals surface area contributed by atoms with E-state index < -0.39 is 10.0 Å². The van der Waals surface area contributed by atoms with Gasteiger partial charge in [0.05, 0.1) is 12.0 Å². The summed E-state index contributed by atoms with van der Waals surface area (Å²) in [5, 5.41) is 3.27. The van der Waals surface area contributed by atoms with Gasteiger partial charge in [-0.05, 0) is 44.5 Å². The predicted octanol–water partition coefficient (Wildman–Crippen LogP) is 1.12. The van der Waals surface area contributed by atoms with Crippen molar-refractivity contribution in [2.24, 2.45) is 0 Å². The van der Waals surface area contributed by atoms with Crippen molar-refractivity contribution in [1.82, 2.24) is 10.0 Å².